The molecule has 7 heteroatoms. The second-order valence-electron chi connectivity index (χ2n) is 10.0. The molecule has 0 atom stereocenters. The fourth-order valence-electron chi connectivity index (χ4n) is 5.52. The Balaban J connectivity index is -0.000000448. The highest BCUT2D eigenvalue weighted by atomic mass is 32.3. The highest BCUT2D eigenvalue weighted by Gasteiger charge is 2.23. The molecule has 222 valence electrons. The van der Waals surface area contributed by atoms with E-state index < -0.39 is 10.4 Å². The number of benzene rings is 1. The van der Waals surface area contributed by atoms with E-state index in [-0.39, 0.29) is 0 Å². The molecule has 0 fully saturated rings. The van der Waals surface area contributed by atoms with Gasteiger partial charge in [-0.3, -0.25) is 8.42 Å². The van der Waals surface area contributed by atoms with Crippen molar-refractivity contribution in [3.8, 4) is 0 Å². The molecule has 0 saturated carbocycles. The minimum absolute atomic E-state index is 1.33. The first-order chi connectivity index (χ1) is 17.5. The van der Waals surface area contributed by atoms with Crippen molar-refractivity contribution in [2.75, 3.05) is 52.4 Å². The van der Waals surface area contributed by atoms with Gasteiger partial charge in [-0.25, -0.2) is 0 Å². The van der Waals surface area contributed by atoms with E-state index in [1.807, 2.05) is 36.4 Å². The Hall–Kier alpha value is -0.990. The largest absolute Gasteiger partial charge is 0.759 e. The lowest BCUT2D eigenvalue weighted by molar-refractivity contribution is -0.928. The number of rotatable bonds is 16. The van der Waals surface area contributed by atoms with Gasteiger partial charge in [-0.2, -0.15) is 0 Å². The van der Waals surface area contributed by atoms with E-state index in [1.54, 1.807) is 0 Å². The topological polar surface area (TPSA) is 80.3 Å². The molecule has 0 aliphatic heterocycles. The Morgan fingerprint density at radius 3 is 0.595 bits per heavy atom. The summed E-state index contributed by atoms with van der Waals surface area (Å²) in [5.74, 6) is 0. The molecule has 1 aromatic carbocycles. The molecule has 37 heavy (non-hydrogen) atoms. The summed E-state index contributed by atoms with van der Waals surface area (Å²) in [5, 5.41) is 0. The third-order valence-corrected chi connectivity index (χ3v) is 6.25. The summed E-state index contributed by atoms with van der Waals surface area (Å²) in [6, 6.07) is 12.0. The molecule has 0 bridgehead atoms. The van der Waals surface area contributed by atoms with Gasteiger partial charge < -0.3 is 18.1 Å². The first-order valence-corrected chi connectivity index (χ1v) is 16.2. The van der Waals surface area contributed by atoms with Gasteiger partial charge in [-0.05, 0) is 51.4 Å². The SMILES string of the molecule is CCC[N+](CCC)(CCC)CCC.CCC[N+](CCC)(CCC)CCC.O=S(=O)([O-])[O-].c1ccccc1. The standard InChI is InChI=1S/2C12H28N.C6H6.H2O4S/c2*1-5-9-13(10-6-2,11-7-3)12-8-4;1-2-4-6-5-3-1;1-5(2,3)4/h2*5-12H2,1-4H3;1-6H;(H2,1,2,3,4)/q2*+1;;/p-2. The zero-order valence-corrected chi connectivity index (χ0v) is 26.5. The lowest BCUT2D eigenvalue weighted by atomic mass is 10.2. The van der Waals surface area contributed by atoms with Crippen LogP contribution in [0.25, 0.3) is 0 Å². The van der Waals surface area contributed by atoms with Gasteiger partial charge in [0.1, 0.15) is 0 Å². The fraction of sp³-hybridized carbons (Fsp3) is 0.800. The molecule has 0 heterocycles. The summed E-state index contributed by atoms with van der Waals surface area (Å²) < 4.78 is 36.8. The van der Waals surface area contributed by atoms with E-state index in [4.69, 9.17) is 17.5 Å². The van der Waals surface area contributed by atoms with Crippen LogP contribution in [-0.2, 0) is 10.4 Å². The molecule has 0 aliphatic carbocycles. The molecule has 0 aliphatic rings. The monoisotopic (exact) mass is 546 g/mol. The predicted molar refractivity (Wildman–Crippen MR) is 159 cm³/mol. The summed E-state index contributed by atoms with van der Waals surface area (Å²) in [5.41, 5.74) is 0. The molecule has 1 rings (SSSR count). The Morgan fingerprint density at radius 2 is 0.514 bits per heavy atom. The first kappa shape index (κ1) is 40.5. The Bertz CT molecular complexity index is 548. The summed E-state index contributed by atoms with van der Waals surface area (Å²) in [4.78, 5) is 0. The average molecular weight is 547 g/mol. The van der Waals surface area contributed by atoms with Crippen LogP contribution in [0.2, 0.25) is 0 Å². The Labute approximate surface area is 232 Å². The van der Waals surface area contributed by atoms with Crippen molar-refractivity contribution in [1.29, 1.82) is 0 Å². The molecular formula is C30H62N2O4S. The van der Waals surface area contributed by atoms with Crippen LogP contribution in [0.1, 0.15) is 107 Å². The van der Waals surface area contributed by atoms with Crippen molar-refractivity contribution < 1.29 is 26.5 Å². The quantitative estimate of drug-likeness (QED) is 0.124. The van der Waals surface area contributed by atoms with Gasteiger partial charge in [-0.1, -0.05) is 91.8 Å². The molecule has 0 saturated heterocycles. The van der Waals surface area contributed by atoms with Crippen molar-refractivity contribution >= 4 is 10.4 Å². The second kappa shape index (κ2) is 26.6. The fourth-order valence-corrected chi connectivity index (χ4v) is 5.52. The molecule has 0 unspecified atom stereocenters. The van der Waals surface area contributed by atoms with Crippen molar-refractivity contribution in [3.63, 3.8) is 0 Å². The maximum Gasteiger partial charge on any atom is 0.0783 e. The van der Waals surface area contributed by atoms with Gasteiger partial charge in [0.15, 0.2) is 0 Å². The minimum Gasteiger partial charge on any atom is -0.759 e. The predicted octanol–water partition coefficient (Wildman–Crippen LogP) is 7.24. The smallest absolute Gasteiger partial charge is 0.0783 e. The van der Waals surface area contributed by atoms with Gasteiger partial charge in [0.05, 0.1) is 52.4 Å². The lowest BCUT2D eigenvalue weighted by Gasteiger charge is -2.38. The van der Waals surface area contributed by atoms with Crippen molar-refractivity contribution in [2.45, 2.75) is 107 Å². The summed E-state index contributed by atoms with van der Waals surface area (Å²) in [6.45, 7) is 29.6. The van der Waals surface area contributed by atoms with E-state index in [0.717, 1.165) is 0 Å². The summed E-state index contributed by atoms with van der Waals surface area (Å²) in [7, 11) is -5.17. The van der Waals surface area contributed by atoms with E-state index in [9.17, 15) is 0 Å². The van der Waals surface area contributed by atoms with Crippen molar-refractivity contribution in [3.05, 3.63) is 36.4 Å². The van der Waals surface area contributed by atoms with Gasteiger partial charge in [0.25, 0.3) is 0 Å². The van der Waals surface area contributed by atoms with Crippen molar-refractivity contribution in [1.82, 2.24) is 0 Å². The van der Waals surface area contributed by atoms with Gasteiger partial charge in [0.2, 0.25) is 0 Å². The van der Waals surface area contributed by atoms with Crippen molar-refractivity contribution in [2.24, 2.45) is 0 Å². The summed E-state index contributed by atoms with van der Waals surface area (Å²) >= 11 is 0. The van der Waals surface area contributed by atoms with Crippen LogP contribution in [0.4, 0.5) is 0 Å². The van der Waals surface area contributed by atoms with Gasteiger partial charge in [-0.15, -0.1) is 0 Å². The Kier molecular flexibility index (Phi) is 29.1. The molecule has 0 aromatic heterocycles. The minimum atomic E-state index is -5.17. The lowest BCUT2D eigenvalue weighted by Crippen LogP contribution is -2.50. The van der Waals surface area contributed by atoms with Crippen LogP contribution < -0.4 is 0 Å². The molecule has 1 aromatic rings. The zero-order chi connectivity index (χ0) is 29.1. The van der Waals surface area contributed by atoms with Crippen LogP contribution in [-0.4, -0.2) is 78.8 Å². The van der Waals surface area contributed by atoms with Crippen LogP contribution in [0.3, 0.4) is 0 Å². The second-order valence-corrected chi connectivity index (χ2v) is 10.9. The molecule has 0 amide bonds. The molecule has 0 radical (unpaired) electrons. The van der Waals surface area contributed by atoms with E-state index in [2.05, 4.69) is 55.4 Å². The van der Waals surface area contributed by atoms with Gasteiger partial charge in [0, 0.05) is 10.4 Å². The third-order valence-electron chi connectivity index (χ3n) is 6.25. The normalized spacial score (nSPS) is 11.3. The number of nitrogens with zero attached hydrogens (tertiary/aromatic N) is 2. The summed E-state index contributed by atoms with van der Waals surface area (Å²) in [6.07, 6.45) is 10.7. The Morgan fingerprint density at radius 1 is 0.405 bits per heavy atom. The van der Waals surface area contributed by atoms with Crippen LogP contribution in [0.15, 0.2) is 36.4 Å². The average Bonchev–Trinajstić information content (AvgIpc) is 2.81. The van der Waals surface area contributed by atoms with Crippen LogP contribution >= 0.6 is 0 Å². The first-order valence-electron chi connectivity index (χ1n) is 14.9. The maximum atomic E-state index is 8.52. The highest BCUT2D eigenvalue weighted by molar-refractivity contribution is 7.79. The maximum absolute atomic E-state index is 8.52. The molecule has 0 spiro atoms. The highest BCUT2D eigenvalue weighted by Crippen LogP contribution is 2.13. The van der Waals surface area contributed by atoms with Crippen LogP contribution in [0.5, 0.6) is 0 Å². The molecule has 0 N–H and O–H groups in total. The number of hydrogen-bond acceptors (Lipinski definition) is 4. The van der Waals surface area contributed by atoms with Gasteiger partial charge >= 0.3 is 0 Å². The van der Waals surface area contributed by atoms with E-state index >= 15 is 0 Å². The number of quaternary nitrogens is 2. The van der Waals surface area contributed by atoms with E-state index in [0.29, 0.717) is 0 Å². The number of hydrogen-bond donors (Lipinski definition) is 0. The van der Waals surface area contributed by atoms with Crippen LogP contribution in [0, 0.1) is 0 Å². The van der Waals surface area contributed by atoms with E-state index in [1.165, 1.54) is 113 Å². The molecule has 6 nitrogen and oxygen atoms in total. The third kappa shape index (κ3) is 27.9. The molecular weight excluding hydrogens is 484 g/mol. The zero-order valence-electron chi connectivity index (χ0n) is 25.7.